The molecule has 12 aromatic carbocycles. The van der Waals surface area contributed by atoms with Crippen molar-refractivity contribution in [1.82, 2.24) is 20.0 Å². The number of carbonyl (C=O) groups excluding carboxylic acids is 7. The quantitative estimate of drug-likeness (QED) is 0.0311. The Balaban J connectivity index is 0.000000160. The summed E-state index contributed by atoms with van der Waals surface area (Å²) in [4.78, 5) is 99.6. The largest absolute Gasteiger partial charge is 0.478 e. The van der Waals surface area contributed by atoms with Crippen LogP contribution in [0.3, 0.4) is 0 Å². The van der Waals surface area contributed by atoms with Gasteiger partial charge in [-0.25, -0.2) is 14.4 Å². The van der Waals surface area contributed by atoms with Gasteiger partial charge in [-0.15, -0.1) is 0 Å². The number of hydrogen-bond acceptors (Lipinski definition) is 15. The fourth-order valence-corrected chi connectivity index (χ4v) is 16.5. The van der Waals surface area contributed by atoms with E-state index in [1.807, 2.05) is 313 Å². The van der Waals surface area contributed by atoms with Gasteiger partial charge in [-0.1, -0.05) is 183 Å². The zero-order valence-corrected chi connectivity index (χ0v) is 77.8. The van der Waals surface area contributed by atoms with E-state index in [9.17, 15) is 43.5 Å². The number of nitrogens with zero attached hydrogens (tertiary/aromatic N) is 3. The molecule has 23 heteroatoms. The summed E-state index contributed by atoms with van der Waals surface area (Å²) in [5.74, 6) is 5.00. The minimum atomic E-state index is -0.962. The topological polar surface area (TPSA) is 312 Å². The average Bonchev–Trinajstić information content (AvgIpc) is 0.808. The van der Waals surface area contributed by atoms with Crippen molar-refractivity contribution in [1.29, 1.82) is 0 Å². The van der Waals surface area contributed by atoms with Gasteiger partial charge in [-0.05, 0) is 342 Å². The fourth-order valence-electron chi connectivity index (χ4n) is 16.5. The highest BCUT2D eigenvalue weighted by atomic mass is 35.5. The van der Waals surface area contributed by atoms with Crippen molar-refractivity contribution in [3.05, 3.63) is 361 Å². The monoisotopic (exact) mass is 1830 g/mol. The number of carboxylic acid groups (broad SMARTS) is 1. The number of likely N-dealkylation sites (tertiary alicyclic amines) is 3. The Labute approximate surface area is 794 Å². The second kappa shape index (κ2) is 47.5. The van der Waals surface area contributed by atoms with Gasteiger partial charge < -0.3 is 70.7 Å². The molecular weight excluding hydrogens is 1720 g/mol. The maximum Gasteiger partial charge on any atom is 0.410 e. The lowest BCUT2D eigenvalue weighted by molar-refractivity contribution is -0.127. The molecule has 0 saturated carbocycles. The average molecular weight is 1840 g/mol. The Kier molecular flexibility index (Phi) is 34.9. The Morgan fingerprint density at radius 1 is 0.333 bits per heavy atom. The van der Waals surface area contributed by atoms with Gasteiger partial charge in [0.1, 0.15) is 57.2 Å². The number of amides is 6. The van der Waals surface area contributed by atoms with Crippen molar-refractivity contribution in [3.63, 3.8) is 0 Å². The molecule has 4 heterocycles. The molecule has 4 fully saturated rings. The highest BCUT2D eigenvalue weighted by Gasteiger charge is 2.32. The van der Waals surface area contributed by atoms with Gasteiger partial charge in [0.25, 0.3) is 0 Å². The van der Waals surface area contributed by atoms with E-state index >= 15 is 0 Å². The van der Waals surface area contributed by atoms with Crippen molar-refractivity contribution >= 4 is 58.6 Å². The Bertz CT molecular complexity index is 5850. The number of carboxylic acids is 1. The summed E-state index contributed by atoms with van der Waals surface area (Å²) in [5, 5.41) is 12.7. The molecule has 0 atom stereocenters. The van der Waals surface area contributed by atoms with Crippen LogP contribution in [0.5, 0.6) is 46.0 Å². The standard InChI is InChI=1S/C29H32N2O4.C29H31NO5.C27H26N2O3.C24H24N2O2.C3H3ClO/c1-29(2,3)35-28(33)31-17-15-20(16-18-31)22-11-14-25(27(30)32)26(19-22)21-9-12-24(13-10-21)34-23-7-5-4-6-8-23;1-29(2,3)35-28(33)30-17-15-20(16-18-30)22-11-14-25(27(31)32)26(19-22)21-9-12-24(13-10-21)34-23-7-5-4-6-8-23;1-2-26(30)29-16-14-19(15-17-29)21-10-13-24(27(28)31)25(18-21)20-8-11-23(12-9-20)32-22-6-4-3-5-7-22;25-24(27)22-11-8-19(17-12-14-26-15-13-17)16-23(22)18-6-9-21(10-7-18)28-20-4-2-1-3-5-20;1-2-3(4)5/h4-14,19-20H,15-18H2,1-3H3,(H2,30,32);4-14,19-20H,15-18H2,1-3H3,(H,31,32);2-13,18-19H,1,14-17H2,(H2,28,31);1-11,16-17,26H,12-15H2,(H2,25,27);2H,1H2. The van der Waals surface area contributed by atoms with Crippen LogP contribution in [0.15, 0.2) is 316 Å². The fraction of sp³-hybridized carbons (Fsp3) is 0.250. The van der Waals surface area contributed by atoms with E-state index in [-0.39, 0.29) is 35.5 Å². The highest BCUT2D eigenvalue weighted by Crippen LogP contribution is 2.41. The van der Waals surface area contributed by atoms with E-state index in [4.69, 9.17) is 57.2 Å². The summed E-state index contributed by atoms with van der Waals surface area (Å²) >= 11 is 4.71. The lowest BCUT2D eigenvalue weighted by atomic mass is 9.86. The zero-order chi connectivity index (χ0) is 96.1. The Morgan fingerprint density at radius 2 is 0.563 bits per heavy atom. The number of piperidine rings is 4. The molecule has 4 saturated heterocycles. The third-order valence-corrected chi connectivity index (χ3v) is 23.6. The highest BCUT2D eigenvalue weighted by molar-refractivity contribution is 6.66. The molecule has 16 rings (SSSR count). The molecule has 22 nitrogen and oxygen atoms in total. The third kappa shape index (κ3) is 29.1. The van der Waals surface area contributed by atoms with Crippen LogP contribution in [-0.2, 0) is 19.1 Å². The molecule has 696 valence electrons. The first-order valence-corrected chi connectivity index (χ1v) is 45.7. The van der Waals surface area contributed by atoms with Gasteiger partial charge in [0.05, 0.1) is 5.56 Å². The predicted octanol–water partition coefficient (Wildman–Crippen LogP) is 24.1. The van der Waals surface area contributed by atoms with Crippen molar-refractivity contribution in [2.24, 2.45) is 17.2 Å². The van der Waals surface area contributed by atoms with Crippen molar-refractivity contribution in [2.45, 2.75) is 128 Å². The van der Waals surface area contributed by atoms with Gasteiger partial charge in [0, 0.05) is 56.0 Å². The summed E-state index contributed by atoms with van der Waals surface area (Å²) < 4.78 is 34.5. The van der Waals surface area contributed by atoms with Crippen LogP contribution in [0.4, 0.5) is 9.59 Å². The van der Waals surface area contributed by atoms with E-state index in [0.29, 0.717) is 84.9 Å². The van der Waals surface area contributed by atoms with Gasteiger partial charge >= 0.3 is 18.2 Å². The van der Waals surface area contributed by atoms with Crippen molar-refractivity contribution in [3.8, 4) is 90.5 Å². The van der Waals surface area contributed by atoms with E-state index in [1.165, 1.54) is 11.6 Å². The summed E-state index contributed by atoms with van der Waals surface area (Å²) in [7, 11) is 0. The van der Waals surface area contributed by atoms with Crippen LogP contribution >= 0.6 is 11.6 Å². The molecule has 0 radical (unpaired) electrons. The van der Waals surface area contributed by atoms with E-state index < -0.39 is 40.1 Å². The number of carbonyl (C=O) groups is 8. The maximum atomic E-state index is 12.4. The summed E-state index contributed by atoms with van der Waals surface area (Å²) in [5.41, 5.74) is 29.1. The summed E-state index contributed by atoms with van der Waals surface area (Å²) in [6.45, 7) is 23.8. The SMILES string of the molecule is C=CC(=O)Cl.C=CC(=O)N1CCC(c2ccc(C(N)=O)c(-c3ccc(Oc4ccccc4)cc3)c2)CC1.CC(C)(C)OC(=O)N1CCC(c2ccc(C(=O)O)c(-c3ccc(Oc4ccccc4)cc3)c2)CC1.CC(C)(C)OC(=O)N1CCC(c2ccc(C(N)=O)c(-c3ccc(Oc4ccccc4)cc3)c2)CC1.NC(=O)c1ccc(C2CCNCC2)cc1-c1ccc(Oc2ccccc2)cc1. The van der Waals surface area contributed by atoms with Gasteiger partial charge in [-0.3, -0.25) is 24.0 Å². The molecule has 0 spiro atoms. The minimum Gasteiger partial charge on any atom is -0.478 e. The number of hydrogen-bond donors (Lipinski definition) is 5. The van der Waals surface area contributed by atoms with Crippen LogP contribution in [0.2, 0.25) is 0 Å². The molecule has 0 aliphatic carbocycles. The number of nitrogens with one attached hydrogen (secondary N) is 1. The molecule has 6 amide bonds. The molecule has 0 bridgehead atoms. The molecular formula is C112H116ClN7O15. The molecule has 135 heavy (non-hydrogen) atoms. The van der Waals surface area contributed by atoms with E-state index in [0.717, 1.165) is 161 Å². The molecule has 4 aliphatic rings. The smallest absolute Gasteiger partial charge is 0.410 e. The van der Waals surface area contributed by atoms with Crippen LogP contribution in [-0.4, -0.2) is 130 Å². The number of para-hydroxylation sites is 4. The lowest BCUT2D eigenvalue weighted by Crippen LogP contribution is -2.41. The molecule has 8 N–H and O–H groups in total. The number of aromatic carboxylic acids is 1. The van der Waals surface area contributed by atoms with Crippen LogP contribution in [0.25, 0.3) is 44.5 Å². The molecule has 0 aromatic heterocycles. The first-order chi connectivity index (χ1) is 64.9. The Morgan fingerprint density at radius 3 is 0.793 bits per heavy atom. The van der Waals surface area contributed by atoms with Gasteiger partial charge in [0.2, 0.25) is 28.9 Å². The predicted molar refractivity (Wildman–Crippen MR) is 530 cm³/mol. The number of ether oxygens (including phenoxy) is 6. The van der Waals surface area contributed by atoms with Crippen molar-refractivity contribution in [2.75, 3.05) is 52.4 Å². The van der Waals surface area contributed by atoms with Crippen LogP contribution < -0.4 is 41.5 Å². The first kappa shape index (κ1) is 99.1. The number of halogens is 1. The number of primary amides is 3. The molecule has 12 aromatic rings. The minimum absolute atomic E-state index is 0.0222. The summed E-state index contributed by atoms with van der Waals surface area (Å²) in [6.07, 6.45) is 9.10. The number of benzene rings is 12. The molecule has 4 aliphatic heterocycles. The van der Waals surface area contributed by atoms with Gasteiger partial charge in [-0.2, -0.15) is 0 Å². The number of allylic oxidation sites excluding steroid dienone is 1. The second-order valence-corrected chi connectivity index (χ2v) is 35.6. The van der Waals surface area contributed by atoms with Crippen LogP contribution in [0.1, 0.15) is 180 Å². The summed E-state index contributed by atoms with van der Waals surface area (Å²) in [6, 6.07) is 92.2. The van der Waals surface area contributed by atoms with Gasteiger partial charge in [0.15, 0.2) is 0 Å². The Hall–Kier alpha value is -14.9. The van der Waals surface area contributed by atoms with Crippen LogP contribution in [0, 0.1) is 0 Å². The van der Waals surface area contributed by atoms with E-state index in [1.54, 1.807) is 15.9 Å². The van der Waals surface area contributed by atoms with Crippen molar-refractivity contribution < 1.29 is 71.9 Å². The maximum absolute atomic E-state index is 12.4. The first-order valence-electron chi connectivity index (χ1n) is 45.3. The third-order valence-electron chi connectivity index (χ3n) is 23.4. The zero-order valence-electron chi connectivity index (χ0n) is 77.0. The number of nitrogens with two attached hydrogens (primary N) is 3. The second-order valence-electron chi connectivity index (χ2n) is 35.2. The lowest BCUT2D eigenvalue weighted by Gasteiger charge is -2.33. The molecule has 0 unspecified atom stereocenters. The number of rotatable bonds is 22. The van der Waals surface area contributed by atoms with E-state index in [2.05, 4.69) is 36.7 Å². The normalized spacial score (nSPS) is 14.1.